The second-order valence-electron chi connectivity index (χ2n) is 6.42. The first kappa shape index (κ1) is 20.3. The number of hydrogen-bond acceptors (Lipinski definition) is 2. The number of hydrogen-bond donors (Lipinski definition) is 0. The normalized spacial score (nSPS) is 15.4. The summed E-state index contributed by atoms with van der Waals surface area (Å²) < 4.78 is 91.1. The summed E-state index contributed by atoms with van der Waals surface area (Å²) in [5.41, 5.74) is -1.24. The van der Waals surface area contributed by atoms with E-state index in [0.29, 0.717) is 17.7 Å². The zero-order chi connectivity index (χ0) is 20.7. The summed E-state index contributed by atoms with van der Waals surface area (Å²) in [5, 5.41) is 0. The second kappa shape index (κ2) is 6.84. The van der Waals surface area contributed by atoms with Crippen molar-refractivity contribution in [2.75, 3.05) is 6.26 Å². The highest BCUT2D eigenvalue weighted by Crippen LogP contribution is 2.46. The van der Waals surface area contributed by atoms with Gasteiger partial charge in [0.1, 0.15) is 0 Å². The zero-order valence-electron chi connectivity index (χ0n) is 14.6. The average Bonchev–Trinajstić information content (AvgIpc) is 3.11. The summed E-state index contributed by atoms with van der Waals surface area (Å²) in [6, 6.07) is 8.33. The first-order valence-electron chi connectivity index (χ1n) is 8.18. The number of halogens is 5. The Kier molecular flexibility index (Phi) is 4.95. The van der Waals surface area contributed by atoms with E-state index in [1.165, 1.54) is 30.3 Å². The minimum absolute atomic E-state index is 0.0647. The van der Waals surface area contributed by atoms with Gasteiger partial charge in [-0.3, -0.25) is 0 Å². The smallest absolute Gasteiger partial charge is 0.224 e. The summed E-state index contributed by atoms with van der Waals surface area (Å²) in [6.45, 7) is 0. The Labute approximate surface area is 158 Å². The van der Waals surface area contributed by atoms with Crippen molar-refractivity contribution in [1.82, 2.24) is 0 Å². The molecule has 0 heterocycles. The molecule has 8 heteroatoms. The average molecular weight is 414 g/mol. The number of alkyl halides is 5. The molecule has 148 valence electrons. The largest absolute Gasteiger partial charge is 0.416 e. The predicted molar refractivity (Wildman–Crippen MR) is 95.6 cm³/mol. The van der Waals surface area contributed by atoms with Crippen LogP contribution in [0.4, 0.5) is 22.0 Å². The Morgan fingerprint density at radius 2 is 1.32 bits per heavy atom. The third-order valence-corrected chi connectivity index (χ3v) is 5.57. The molecule has 2 aromatic rings. The van der Waals surface area contributed by atoms with Gasteiger partial charge in [0.15, 0.2) is 9.84 Å². The molecule has 0 aliphatic heterocycles. The maximum atomic E-state index is 15.0. The van der Waals surface area contributed by atoms with Crippen molar-refractivity contribution in [1.29, 1.82) is 0 Å². The van der Waals surface area contributed by atoms with Crippen LogP contribution in [0.15, 0.2) is 71.2 Å². The molecule has 1 aliphatic rings. The van der Waals surface area contributed by atoms with Crippen molar-refractivity contribution in [2.45, 2.75) is 23.4 Å². The van der Waals surface area contributed by atoms with Gasteiger partial charge in [-0.15, -0.1) is 0 Å². The van der Waals surface area contributed by atoms with Crippen LogP contribution in [-0.4, -0.2) is 14.7 Å². The van der Waals surface area contributed by atoms with Crippen LogP contribution in [0.3, 0.4) is 0 Å². The zero-order valence-corrected chi connectivity index (χ0v) is 15.4. The van der Waals surface area contributed by atoms with Gasteiger partial charge in [-0.05, 0) is 41.8 Å². The van der Waals surface area contributed by atoms with Gasteiger partial charge in [0.2, 0.25) is 0 Å². The van der Waals surface area contributed by atoms with E-state index in [1.54, 1.807) is 6.08 Å². The molecule has 0 N–H and O–H groups in total. The van der Waals surface area contributed by atoms with Gasteiger partial charge in [-0.2, -0.15) is 22.0 Å². The van der Waals surface area contributed by atoms with Crippen LogP contribution >= 0.6 is 0 Å². The minimum Gasteiger partial charge on any atom is -0.224 e. The highest BCUT2D eigenvalue weighted by molar-refractivity contribution is 7.90. The number of rotatable bonds is 4. The van der Waals surface area contributed by atoms with Gasteiger partial charge >= 0.3 is 6.18 Å². The van der Waals surface area contributed by atoms with Crippen LogP contribution in [0.2, 0.25) is 0 Å². The van der Waals surface area contributed by atoms with E-state index in [2.05, 4.69) is 0 Å². The molecule has 0 bridgehead atoms. The lowest BCUT2D eigenvalue weighted by Crippen LogP contribution is -2.18. The minimum atomic E-state index is -4.60. The Morgan fingerprint density at radius 1 is 0.786 bits per heavy atom. The second-order valence-corrected chi connectivity index (χ2v) is 8.43. The Hall–Kier alpha value is -2.48. The summed E-state index contributed by atoms with van der Waals surface area (Å²) >= 11 is 0. The van der Waals surface area contributed by atoms with E-state index in [9.17, 15) is 21.6 Å². The van der Waals surface area contributed by atoms with Gasteiger partial charge in [0, 0.05) is 17.4 Å². The van der Waals surface area contributed by atoms with Crippen LogP contribution in [0.25, 0.3) is 5.57 Å². The highest BCUT2D eigenvalue weighted by atomic mass is 32.2. The standard InChI is InChI=1S/C20H15F5O2S/c1-28(26,27)16-11-5-13(6-12-16)17-3-2-4-18(17)19(21,22)14-7-9-15(10-8-14)20(23,24)25/h3-12H,2H2,1H3. The maximum Gasteiger partial charge on any atom is 0.416 e. The van der Waals surface area contributed by atoms with Crippen molar-refractivity contribution >= 4 is 15.4 Å². The van der Waals surface area contributed by atoms with Gasteiger partial charge in [-0.25, -0.2) is 8.42 Å². The van der Waals surface area contributed by atoms with Crippen molar-refractivity contribution < 1.29 is 30.4 Å². The molecular formula is C20H15F5O2S. The van der Waals surface area contributed by atoms with E-state index in [4.69, 9.17) is 0 Å². The number of sulfone groups is 1. The van der Waals surface area contributed by atoms with Gasteiger partial charge in [-0.1, -0.05) is 36.4 Å². The SMILES string of the molecule is CS(=O)(=O)c1ccc(C2=CCC=C2C(F)(F)c2ccc(C(F)(F)F)cc2)cc1. The van der Waals surface area contributed by atoms with Crippen LogP contribution in [0, 0.1) is 0 Å². The molecule has 2 nitrogen and oxygen atoms in total. The third-order valence-electron chi connectivity index (χ3n) is 4.44. The molecule has 0 atom stereocenters. The third kappa shape index (κ3) is 3.87. The van der Waals surface area contributed by atoms with Gasteiger partial charge in [0.25, 0.3) is 5.92 Å². The Morgan fingerprint density at radius 3 is 1.82 bits per heavy atom. The summed E-state index contributed by atoms with van der Waals surface area (Å²) in [5.74, 6) is -3.50. The van der Waals surface area contributed by atoms with Crippen molar-refractivity contribution in [2.24, 2.45) is 0 Å². The van der Waals surface area contributed by atoms with Crippen molar-refractivity contribution in [3.05, 3.63) is 82.9 Å². The van der Waals surface area contributed by atoms with Crippen LogP contribution in [0.1, 0.15) is 23.1 Å². The predicted octanol–water partition coefficient (Wildman–Crippen LogP) is 5.61. The summed E-state index contributed by atoms with van der Waals surface area (Å²) in [7, 11) is -3.42. The molecule has 0 saturated carbocycles. The molecule has 1 aliphatic carbocycles. The summed E-state index contributed by atoms with van der Waals surface area (Å²) in [4.78, 5) is 0.0647. The molecule has 0 unspecified atom stereocenters. The monoisotopic (exact) mass is 414 g/mol. The van der Waals surface area contributed by atoms with Crippen molar-refractivity contribution in [3.63, 3.8) is 0 Å². The fraction of sp³-hybridized carbons (Fsp3) is 0.200. The highest BCUT2D eigenvalue weighted by Gasteiger charge is 2.40. The maximum absolute atomic E-state index is 15.0. The lowest BCUT2D eigenvalue weighted by Gasteiger charge is -2.22. The van der Waals surface area contributed by atoms with E-state index >= 15 is 8.78 Å². The molecular weight excluding hydrogens is 399 g/mol. The molecule has 0 fully saturated rings. The topological polar surface area (TPSA) is 34.1 Å². The first-order valence-corrected chi connectivity index (χ1v) is 10.1. The molecule has 3 rings (SSSR count). The van der Waals surface area contributed by atoms with Gasteiger partial charge < -0.3 is 0 Å². The molecule has 0 saturated heterocycles. The number of benzene rings is 2. The molecule has 0 amide bonds. The fourth-order valence-corrected chi connectivity index (χ4v) is 3.62. The lowest BCUT2D eigenvalue weighted by atomic mass is 9.91. The number of allylic oxidation sites excluding steroid dienone is 4. The van der Waals surface area contributed by atoms with Crippen molar-refractivity contribution in [3.8, 4) is 0 Å². The van der Waals surface area contributed by atoms with Crippen LogP contribution in [-0.2, 0) is 21.9 Å². The van der Waals surface area contributed by atoms with E-state index in [1.807, 2.05) is 0 Å². The lowest BCUT2D eigenvalue weighted by molar-refractivity contribution is -0.137. The van der Waals surface area contributed by atoms with E-state index in [-0.39, 0.29) is 22.5 Å². The van der Waals surface area contributed by atoms with E-state index < -0.39 is 33.1 Å². The fourth-order valence-electron chi connectivity index (χ4n) is 2.99. The quantitative estimate of drug-likeness (QED) is 0.609. The van der Waals surface area contributed by atoms with Crippen LogP contribution in [0.5, 0.6) is 0 Å². The van der Waals surface area contributed by atoms with Crippen LogP contribution < -0.4 is 0 Å². The molecule has 28 heavy (non-hydrogen) atoms. The summed E-state index contributed by atoms with van der Waals surface area (Å²) in [6.07, 6.45) is -0.428. The van der Waals surface area contributed by atoms with Gasteiger partial charge in [0.05, 0.1) is 10.5 Å². The first-order chi connectivity index (χ1) is 12.9. The molecule has 2 aromatic carbocycles. The Balaban J connectivity index is 1.93. The Bertz CT molecular complexity index is 1050. The molecule has 0 radical (unpaired) electrons. The molecule has 0 spiro atoms. The van der Waals surface area contributed by atoms with E-state index in [0.717, 1.165) is 18.4 Å². The molecule has 0 aromatic heterocycles.